The Kier molecular flexibility index (Phi) is 4.33. The minimum Gasteiger partial charge on any atom is -0.497 e. The highest BCUT2D eigenvalue weighted by Gasteiger charge is 2.09. The lowest BCUT2D eigenvalue weighted by Gasteiger charge is -2.14. The van der Waals surface area contributed by atoms with Crippen molar-refractivity contribution >= 4 is 23.0 Å². The minimum absolute atomic E-state index is 0.199. The fourth-order valence-corrected chi connectivity index (χ4v) is 1.90. The molecule has 110 valence electrons. The number of hydrogen-bond acceptors (Lipinski definition) is 4. The Labute approximate surface area is 124 Å². The molecule has 5 nitrogen and oxygen atoms in total. The number of benzene rings is 2. The van der Waals surface area contributed by atoms with E-state index in [4.69, 9.17) is 10.5 Å². The molecule has 2 rings (SSSR count). The summed E-state index contributed by atoms with van der Waals surface area (Å²) in [6.07, 6.45) is 0. The summed E-state index contributed by atoms with van der Waals surface area (Å²) in [6.45, 7) is 0. The summed E-state index contributed by atoms with van der Waals surface area (Å²) in [6, 6.07) is 12.5. The molecule has 0 bridgehead atoms. The van der Waals surface area contributed by atoms with Gasteiger partial charge in [-0.1, -0.05) is 6.07 Å². The smallest absolute Gasteiger partial charge is 0.255 e. The molecule has 0 aliphatic heterocycles. The average Bonchev–Trinajstić information content (AvgIpc) is 2.49. The molecule has 3 N–H and O–H groups in total. The van der Waals surface area contributed by atoms with Crippen molar-refractivity contribution in [2.24, 2.45) is 0 Å². The summed E-state index contributed by atoms with van der Waals surface area (Å²) in [5.41, 5.74) is 8.47. The van der Waals surface area contributed by atoms with Gasteiger partial charge in [0, 0.05) is 31.4 Å². The normalized spacial score (nSPS) is 10.0. The van der Waals surface area contributed by atoms with Crippen LogP contribution in [-0.2, 0) is 0 Å². The van der Waals surface area contributed by atoms with E-state index in [1.165, 1.54) is 0 Å². The summed E-state index contributed by atoms with van der Waals surface area (Å²) in [5.74, 6) is 0.454. The first-order valence-corrected chi connectivity index (χ1v) is 6.53. The van der Waals surface area contributed by atoms with Crippen LogP contribution in [-0.4, -0.2) is 27.1 Å². The van der Waals surface area contributed by atoms with Gasteiger partial charge in [0.2, 0.25) is 0 Å². The van der Waals surface area contributed by atoms with Crippen LogP contribution in [0.3, 0.4) is 0 Å². The predicted molar refractivity (Wildman–Crippen MR) is 86.1 cm³/mol. The molecule has 0 heterocycles. The fourth-order valence-electron chi connectivity index (χ4n) is 1.90. The standard InChI is InChI=1S/C16H19N3O2/c1-19(2)12-6-4-5-11(9-12)16(20)18-15-8-7-13(21-3)10-14(15)17/h4-10H,17H2,1-3H3,(H,18,20). The van der Waals surface area contributed by atoms with Crippen LogP contribution in [0.4, 0.5) is 17.1 Å². The monoisotopic (exact) mass is 285 g/mol. The van der Waals surface area contributed by atoms with Crippen molar-refractivity contribution in [1.82, 2.24) is 0 Å². The zero-order valence-corrected chi connectivity index (χ0v) is 12.4. The van der Waals surface area contributed by atoms with Gasteiger partial charge in [-0.3, -0.25) is 4.79 Å². The molecule has 21 heavy (non-hydrogen) atoms. The summed E-state index contributed by atoms with van der Waals surface area (Å²) in [4.78, 5) is 14.2. The Morgan fingerprint density at radius 3 is 2.57 bits per heavy atom. The van der Waals surface area contributed by atoms with Crippen LogP contribution in [0.5, 0.6) is 5.75 Å². The maximum absolute atomic E-state index is 12.3. The van der Waals surface area contributed by atoms with Crippen molar-refractivity contribution < 1.29 is 9.53 Å². The number of nitrogen functional groups attached to an aromatic ring is 1. The Morgan fingerprint density at radius 2 is 1.95 bits per heavy atom. The van der Waals surface area contributed by atoms with E-state index in [9.17, 15) is 4.79 Å². The van der Waals surface area contributed by atoms with Crippen LogP contribution < -0.4 is 20.7 Å². The number of nitrogens with two attached hydrogens (primary N) is 1. The third-order valence-electron chi connectivity index (χ3n) is 3.13. The second kappa shape index (κ2) is 6.17. The van der Waals surface area contributed by atoms with Crippen LogP contribution in [0.1, 0.15) is 10.4 Å². The lowest BCUT2D eigenvalue weighted by molar-refractivity contribution is 0.102. The molecule has 5 heteroatoms. The molecule has 0 fully saturated rings. The molecule has 2 aromatic carbocycles. The maximum Gasteiger partial charge on any atom is 0.255 e. The van der Waals surface area contributed by atoms with Crippen LogP contribution in [0.15, 0.2) is 42.5 Å². The quantitative estimate of drug-likeness (QED) is 0.847. The highest BCUT2D eigenvalue weighted by molar-refractivity contribution is 6.06. The Balaban J connectivity index is 2.20. The van der Waals surface area contributed by atoms with Gasteiger partial charge in [0.1, 0.15) is 5.75 Å². The first-order valence-electron chi connectivity index (χ1n) is 6.53. The summed E-state index contributed by atoms with van der Waals surface area (Å²) in [5, 5.41) is 2.81. The number of amides is 1. The largest absolute Gasteiger partial charge is 0.497 e. The summed E-state index contributed by atoms with van der Waals surface area (Å²) < 4.78 is 5.08. The van der Waals surface area contributed by atoms with E-state index in [-0.39, 0.29) is 5.91 Å². The highest BCUT2D eigenvalue weighted by Crippen LogP contribution is 2.25. The molecule has 0 aliphatic rings. The zero-order chi connectivity index (χ0) is 15.4. The van der Waals surface area contributed by atoms with Crippen molar-refractivity contribution in [3.63, 3.8) is 0 Å². The summed E-state index contributed by atoms with van der Waals surface area (Å²) in [7, 11) is 5.43. The number of carbonyl (C=O) groups is 1. The van der Waals surface area contributed by atoms with Crippen molar-refractivity contribution in [3.8, 4) is 5.75 Å². The van der Waals surface area contributed by atoms with Crippen molar-refractivity contribution in [1.29, 1.82) is 0 Å². The van der Waals surface area contributed by atoms with Gasteiger partial charge in [-0.25, -0.2) is 0 Å². The number of rotatable bonds is 4. The number of carbonyl (C=O) groups excluding carboxylic acids is 1. The van der Waals surface area contributed by atoms with Gasteiger partial charge < -0.3 is 20.7 Å². The Bertz CT molecular complexity index is 654. The SMILES string of the molecule is COc1ccc(NC(=O)c2cccc(N(C)C)c2)c(N)c1. The van der Waals surface area contributed by atoms with E-state index in [0.717, 1.165) is 5.69 Å². The number of nitrogens with zero attached hydrogens (tertiary/aromatic N) is 1. The third-order valence-corrected chi connectivity index (χ3v) is 3.13. The predicted octanol–water partition coefficient (Wildman–Crippen LogP) is 2.60. The number of hydrogen-bond donors (Lipinski definition) is 2. The van der Waals surface area contributed by atoms with E-state index in [1.54, 1.807) is 31.4 Å². The molecule has 0 aliphatic carbocycles. The molecule has 2 aromatic rings. The molecular formula is C16H19N3O2. The first kappa shape index (κ1) is 14.7. The topological polar surface area (TPSA) is 67.6 Å². The molecule has 0 saturated heterocycles. The van der Waals surface area contributed by atoms with Gasteiger partial charge in [-0.05, 0) is 30.3 Å². The van der Waals surface area contributed by atoms with Crippen molar-refractivity contribution in [2.45, 2.75) is 0 Å². The molecule has 0 spiro atoms. The molecular weight excluding hydrogens is 266 g/mol. The first-order chi connectivity index (χ1) is 10.0. The van der Waals surface area contributed by atoms with Gasteiger partial charge >= 0.3 is 0 Å². The van der Waals surface area contributed by atoms with E-state index in [0.29, 0.717) is 22.7 Å². The average molecular weight is 285 g/mol. The second-order valence-electron chi connectivity index (χ2n) is 4.85. The lowest BCUT2D eigenvalue weighted by atomic mass is 10.1. The number of nitrogens with one attached hydrogen (secondary N) is 1. The molecule has 1 amide bonds. The molecule has 0 unspecified atom stereocenters. The van der Waals surface area contributed by atoms with Crippen LogP contribution >= 0.6 is 0 Å². The highest BCUT2D eigenvalue weighted by atomic mass is 16.5. The van der Waals surface area contributed by atoms with Crippen LogP contribution in [0.25, 0.3) is 0 Å². The number of ether oxygens (including phenoxy) is 1. The molecule has 0 saturated carbocycles. The summed E-state index contributed by atoms with van der Waals surface area (Å²) >= 11 is 0. The molecule has 0 radical (unpaired) electrons. The Hall–Kier alpha value is -2.69. The Morgan fingerprint density at radius 1 is 1.19 bits per heavy atom. The van der Waals surface area contributed by atoms with Gasteiger partial charge in [-0.15, -0.1) is 0 Å². The number of anilines is 3. The zero-order valence-electron chi connectivity index (χ0n) is 12.4. The van der Waals surface area contributed by atoms with E-state index < -0.39 is 0 Å². The molecule has 0 atom stereocenters. The maximum atomic E-state index is 12.3. The van der Waals surface area contributed by atoms with Crippen LogP contribution in [0, 0.1) is 0 Å². The fraction of sp³-hybridized carbons (Fsp3) is 0.188. The lowest BCUT2D eigenvalue weighted by Crippen LogP contribution is -2.15. The van der Waals surface area contributed by atoms with Gasteiger partial charge in [0.15, 0.2) is 0 Å². The minimum atomic E-state index is -0.199. The van der Waals surface area contributed by atoms with E-state index in [1.807, 2.05) is 37.2 Å². The second-order valence-corrected chi connectivity index (χ2v) is 4.85. The number of methoxy groups -OCH3 is 1. The van der Waals surface area contributed by atoms with Crippen molar-refractivity contribution in [2.75, 3.05) is 37.2 Å². The van der Waals surface area contributed by atoms with Crippen molar-refractivity contribution in [3.05, 3.63) is 48.0 Å². The van der Waals surface area contributed by atoms with Gasteiger partial charge in [0.25, 0.3) is 5.91 Å². The third kappa shape index (κ3) is 3.45. The van der Waals surface area contributed by atoms with Gasteiger partial charge in [0.05, 0.1) is 18.5 Å². The van der Waals surface area contributed by atoms with E-state index >= 15 is 0 Å². The van der Waals surface area contributed by atoms with E-state index in [2.05, 4.69) is 5.32 Å². The van der Waals surface area contributed by atoms with Crippen LogP contribution in [0.2, 0.25) is 0 Å². The molecule has 0 aromatic heterocycles. The van der Waals surface area contributed by atoms with Gasteiger partial charge in [-0.2, -0.15) is 0 Å².